The molecule has 0 bridgehead atoms. The van der Waals surface area contributed by atoms with Crippen LogP contribution in [0.15, 0.2) is 79.9 Å². The van der Waals surface area contributed by atoms with Crippen LogP contribution in [0.1, 0.15) is 23.7 Å². The molecule has 0 saturated carbocycles. The minimum absolute atomic E-state index is 0.111. The van der Waals surface area contributed by atoms with Gasteiger partial charge in [-0.1, -0.05) is 25.1 Å². The minimum atomic E-state index is -2.87. The van der Waals surface area contributed by atoms with Gasteiger partial charge in [-0.2, -0.15) is 8.78 Å². The molecule has 1 aromatic heterocycles. The summed E-state index contributed by atoms with van der Waals surface area (Å²) in [6.45, 7) is 5.39. The van der Waals surface area contributed by atoms with Crippen molar-refractivity contribution in [2.75, 3.05) is 0 Å². The van der Waals surface area contributed by atoms with Crippen LogP contribution in [-0.4, -0.2) is 22.3 Å². The summed E-state index contributed by atoms with van der Waals surface area (Å²) in [7, 11) is 0. The van der Waals surface area contributed by atoms with Gasteiger partial charge in [-0.15, -0.1) is 13.2 Å². The minimum Gasteiger partial charge on any atom is -0.478 e. The van der Waals surface area contributed by atoms with Gasteiger partial charge in [-0.05, 0) is 47.9 Å². The Labute approximate surface area is 157 Å². The van der Waals surface area contributed by atoms with Gasteiger partial charge < -0.3 is 14.4 Å². The number of carboxylic acids is 1. The summed E-state index contributed by atoms with van der Waals surface area (Å²) in [5.74, 6) is -0.874. The van der Waals surface area contributed by atoms with Crippen LogP contribution in [0.4, 0.5) is 8.78 Å². The Morgan fingerprint density at radius 3 is 2.67 bits per heavy atom. The summed E-state index contributed by atoms with van der Waals surface area (Å²) in [6, 6.07) is 8.45. The van der Waals surface area contributed by atoms with Gasteiger partial charge in [0.2, 0.25) is 0 Å². The maximum Gasteiger partial charge on any atom is 0.387 e. The van der Waals surface area contributed by atoms with Crippen molar-refractivity contribution in [2.45, 2.75) is 26.5 Å². The highest BCUT2D eigenvalue weighted by atomic mass is 19.3. The highest BCUT2D eigenvalue weighted by Gasteiger charge is 2.07. The topological polar surface area (TPSA) is 51.5 Å². The molecule has 0 amide bonds. The number of hydrogen-bond acceptors (Lipinski definition) is 2. The number of aromatic nitrogens is 1. The van der Waals surface area contributed by atoms with Crippen molar-refractivity contribution in [3.05, 3.63) is 85.4 Å². The number of aromatic carboxylic acids is 1. The molecule has 4 nitrogen and oxygen atoms in total. The van der Waals surface area contributed by atoms with E-state index in [2.05, 4.69) is 17.9 Å². The lowest BCUT2D eigenvalue weighted by atomic mass is 10.1. The normalized spacial score (nSPS) is 11.3. The summed E-state index contributed by atoms with van der Waals surface area (Å²) < 4.78 is 31.1. The third-order valence-electron chi connectivity index (χ3n) is 3.44. The van der Waals surface area contributed by atoms with E-state index in [9.17, 15) is 13.6 Å². The van der Waals surface area contributed by atoms with Crippen LogP contribution in [0.3, 0.4) is 0 Å². The Balaban J connectivity index is 0.00000176. The smallest absolute Gasteiger partial charge is 0.387 e. The SMILES string of the molecule is C=C.CC/C=C\C(=C/Cn1ccc(-c2cccc(C(=O)O)c2)c1)OC(F)F. The van der Waals surface area contributed by atoms with Crippen molar-refractivity contribution < 1.29 is 23.4 Å². The quantitative estimate of drug-likeness (QED) is 0.363. The Hall–Kier alpha value is -3.15. The molecule has 27 heavy (non-hydrogen) atoms. The fraction of sp³-hybridized carbons (Fsp3) is 0.190. The monoisotopic (exact) mass is 375 g/mol. The number of allylic oxidation sites excluding steroid dienone is 3. The van der Waals surface area contributed by atoms with Gasteiger partial charge in [-0.25, -0.2) is 4.79 Å². The summed E-state index contributed by atoms with van der Waals surface area (Å²) in [5.41, 5.74) is 1.83. The van der Waals surface area contributed by atoms with E-state index in [0.29, 0.717) is 6.54 Å². The van der Waals surface area contributed by atoms with E-state index in [1.807, 2.05) is 25.3 Å². The van der Waals surface area contributed by atoms with Crippen molar-refractivity contribution in [3.63, 3.8) is 0 Å². The van der Waals surface area contributed by atoms with Gasteiger partial charge in [0.15, 0.2) is 0 Å². The van der Waals surface area contributed by atoms with Gasteiger partial charge >= 0.3 is 12.6 Å². The zero-order chi connectivity index (χ0) is 20.2. The molecule has 2 aromatic rings. The number of ether oxygens (including phenoxy) is 1. The molecule has 0 saturated heterocycles. The van der Waals surface area contributed by atoms with E-state index in [0.717, 1.165) is 17.5 Å². The highest BCUT2D eigenvalue weighted by molar-refractivity contribution is 5.89. The van der Waals surface area contributed by atoms with Crippen LogP contribution in [0.2, 0.25) is 0 Å². The Kier molecular flexibility index (Phi) is 9.29. The van der Waals surface area contributed by atoms with Gasteiger partial charge in [0.1, 0.15) is 5.76 Å². The molecule has 6 heteroatoms. The van der Waals surface area contributed by atoms with Crippen molar-refractivity contribution in [3.8, 4) is 11.1 Å². The molecule has 1 aromatic carbocycles. The van der Waals surface area contributed by atoms with E-state index in [4.69, 9.17) is 5.11 Å². The van der Waals surface area contributed by atoms with Gasteiger partial charge in [0.05, 0.1) is 5.56 Å². The molecular formula is C21H23F2NO3. The molecule has 144 valence electrons. The summed E-state index contributed by atoms with van der Waals surface area (Å²) in [5, 5.41) is 9.05. The molecule has 0 unspecified atom stereocenters. The Morgan fingerprint density at radius 2 is 2.04 bits per heavy atom. The molecular weight excluding hydrogens is 352 g/mol. The lowest BCUT2D eigenvalue weighted by Crippen LogP contribution is -1.99. The second-order valence-electron chi connectivity index (χ2n) is 5.28. The number of carbonyl (C=O) groups is 1. The van der Waals surface area contributed by atoms with E-state index in [1.54, 1.807) is 35.0 Å². The fourth-order valence-corrected chi connectivity index (χ4v) is 2.24. The molecule has 0 aliphatic carbocycles. The van der Waals surface area contributed by atoms with Crippen LogP contribution < -0.4 is 0 Å². The molecule has 0 spiro atoms. The number of benzene rings is 1. The van der Waals surface area contributed by atoms with Crippen molar-refractivity contribution in [2.24, 2.45) is 0 Å². The lowest BCUT2D eigenvalue weighted by molar-refractivity contribution is -0.0923. The van der Waals surface area contributed by atoms with Crippen LogP contribution in [0, 0.1) is 0 Å². The predicted molar refractivity (Wildman–Crippen MR) is 103 cm³/mol. The van der Waals surface area contributed by atoms with Crippen molar-refractivity contribution in [1.29, 1.82) is 0 Å². The predicted octanol–water partition coefficient (Wildman–Crippen LogP) is 5.74. The van der Waals surface area contributed by atoms with E-state index < -0.39 is 12.6 Å². The Bertz CT molecular complexity index is 794. The second kappa shape index (κ2) is 11.5. The first kappa shape index (κ1) is 21.9. The van der Waals surface area contributed by atoms with Crippen LogP contribution in [0.5, 0.6) is 0 Å². The first-order valence-electron chi connectivity index (χ1n) is 8.30. The first-order valence-corrected chi connectivity index (χ1v) is 8.30. The molecule has 0 radical (unpaired) electrons. The fourth-order valence-electron chi connectivity index (χ4n) is 2.24. The number of rotatable bonds is 8. The van der Waals surface area contributed by atoms with E-state index >= 15 is 0 Å². The number of halogens is 2. The molecule has 0 aliphatic rings. The van der Waals surface area contributed by atoms with Crippen molar-refractivity contribution >= 4 is 5.97 Å². The number of nitrogens with zero attached hydrogens (tertiary/aromatic N) is 1. The average molecular weight is 375 g/mol. The number of alkyl halides is 2. The molecule has 2 rings (SSSR count). The van der Waals surface area contributed by atoms with Gasteiger partial charge in [0.25, 0.3) is 0 Å². The standard InChI is InChI=1S/C19H19F2NO3.C2H4/c1-2-3-7-17(25-19(20)21)9-11-22-10-8-16(13-22)14-5-4-6-15(12-14)18(23)24;1-2/h3-10,12-13,19H,2,11H2,1H3,(H,23,24);1-2H2/b7-3-,17-9+;. The average Bonchev–Trinajstić information content (AvgIpc) is 3.14. The summed E-state index contributed by atoms with van der Waals surface area (Å²) in [6.07, 6.45) is 9.16. The number of carboxylic acid groups (broad SMARTS) is 1. The highest BCUT2D eigenvalue weighted by Crippen LogP contribution is 2.21. The van der Waals surface area contributed by atoms with Crippen LogP contribution in [0.25, 0.3) is 11.1 Å². The zero-order valence-electron chi connectivity index (χ0n) is 15.1. The molecule has 0 aliphatic heterocycles. The molecule has 0 atom stereocenters. The van der Waals surface area contributed by atoms with E-state index in [1.165, 1.54) is 12.1 Å². The van der Waals surface area contributed by atoms with Crippen molar-refractivity contribution in [1.82, 2.24) is 4.57 Å². The van der Waals surface area contributed by atoms with Gasteiger partial charge in [-0.3, -0.25) is 0 Å². The molecule has 1 heterocycles. The summed E-state index contributed by atoms with van der Waals surface area (Å²) >= 11 is 0. The molecule has 0 fully saturated rings. The second-order valence-corrected chi connectivity index (χ2v) is 5.28. The van der Waals surface area contributed by atoms with Crippen LogP contribution >= 0.6 is 0 Å². The molecule has 1 N–H and O–H groups in total. The maximum atomic E-state index is 12.4. The van der Waals surface area contributed by atoms with Gasteiger partial charge in [0, 0.05) is 18.9 Å². The van der Waals surface area contributed by atoms with Crippen LogP contribution in [-0.2, 0) is 11.3 Å². The summed E-state index contributed by atoms with van der Waals surface area (Å²) in [4.78, 5) is 11.0. The third kappa shape index (κ3) is 7.32. The largest absolute Gasteiger partial charge is 0.478 e. The first-order chi connectivity index (χ1) is 13.0. The Morgan fingerprint density at radius 1 is 1.30 bits per heavy atom. The zero-order valence-corrected chi connectivity index (χ0v) is 15.1. The van der Waals surface area contributed by atoms with E-state index in [-0.39, 0.29) is 11.3 Å². The number of hydrogen-bond donors (Lipinski definition) is 1. The third-order valence-corrected chi connectivity index (χ3v) is 3.44. The maximum absolute atomic E-state index is 12.4. The lowest BCUT2D eigenvalue weighted by Gasteiger charge is -2.06.